The summed E-state index contributed by atoms with van der Waals surface area (Å²) in [7, 11) is 0. The molecule has 5 heteroatoms. The molecule has 0 fully saturated rings. The minimum atomic E-state index is -0.0367. The van der Waals surface area contributed by atoms with Crippen molar-refractivity contribution < 1.29 is 4.74 Å². The van der Waals surface area contributed by atoms with Crippen LogP contribution in [-0.4, -0.2) is 14.8 Å². The quantitative estimate of drug-likeness (QED) is 0.722. The third-order valence-electron chi connectivity index (χ3n) is 4.09. The SMILES string of the molecule is Cc1nnc2n1-c1scc(Cc3ccccc3)c1CO[C@H]2C. The second-order valence-corrected chi connectivity index (χ2v) is 6.46. The van der Waals surface area contributed by atoms with Crippen molar-refractivity contribution >= 4 is 11.3 Å². The van der Waals surface area contributed by atoms with Gasteiger partial charge in [-0.25, -0.2) is 0 Å². The van der Waals surface area contributed by atoms with Crippen LogP contribution in [0, 0.1) is 6.92 Å². The van der Waals surface area contributed by atoms with E-state index in [2.05, 4.69) is 50.5 Å². The first kappa shape index (κ1) is 13.7. The number of thiophene rings is 1. The fourth-order valence-corrected chi connectivity index (χ4v) is 4.03. The minimum absolute atomic E-state index is 0.0367. The molecule has 1 aliphatic rings. The molecule has 0 saturated heterocycles. The summed E-state index contributed by atoms with van der Waals surface area (Å²) in [6.07, 6.45) is 0.895. The van der Waals surface area contributed by atoms with E-state index in [0.717, 1.165) is 18.1 Å². The zero-order valence-electron chi connectivity index (χ0n) is 12.6. The third kappa shape index (κ3) is 2.17. The Kier molecular flexibility index (Phi) is 3.32. The van der Waals surface area contributed by atoms with Gasteiger partial charge in [0, 0.05) is 5.56 Å². The van der Waals surface area contributed by atoms with Crippen molar-refractivity contribution in [2.45, 2.75) is 33.0 Å². The molecule has 0 saturated carbocycles. The Hall–Kier alpha value is -1.98. The van der Waals surface area contributed by atoms with Gasteiger partial charge in [-0.2, -0.15) is 0 Å². The van der Waals surface area contributed by atoms with E-state index in [1.165, 1.54) is 21.7 Å². The van der Waals surface area contributed by atoms with Gasteiger partial charge in [-0.3, -0.25) is 4.57 Å². The summed E-state index contributed by atoms with van der Waals surface area (Å²) in [6.45, 7) is 4.66. The average molecular weight is 311 g/mol. The van der Waals surface area contributed by atoms with Crippen molar-refractivity contribution in [1.29, 1.82) is 0 Å². The summed E-state index contributed by atoms with van der Waals surface area (Å²) in [6, 6.07) is 10.6. The normalized spacial score (nSPS) is 16.9. The van der Waals surface area contributed by atoms with E-state index in [0.29, 0.717) is 6.61 Å². The molecule has 4 nitrogen and oxygen atoms in total. The molecule has 22 heavy (non-hydrogen) atoms. The van der Waals surface area contributed by atoms with Crippen LogP contribution in [0.15, 0.2) is 35.7 Å². The molecule has 112 valence electrons. The highest BCUT2D eigenvalue weighted by Gasteiger charge is 2.26. The summed E-state index contributed by atoms with van der Waals surface area (Å²) in [5.74, 6) is 1.81. The zero-order valence-corrected chi connectivity index (χ0v) is 13.4. The molecule has 0 spiro atoms. The van der Waals surface area contributed by atoms with Crippen LogP contribution in [0.4, 0.5) is 0 Å². The number of rotatable bonds is 2. The van der Waals surface area contributed by atoms with E-state index in [9.17, 15) is 0 Å². The fourth-order valence-electron chi connectivity index (χ4n) is 2.89. The second kappa shape index (κ2) is 5.34. The lowest BCUT2D eigenvalue weighted by atomic mass is 10.0. The molecule has 4 rings (SSSR count). The van der Waals surface area contributed by atoms with Gasteiger partial charge >= 0.3 is 0 Å². The van der Waals surface area contributed by atoms with Gasteiger partial charge in [-0.1, -0.05) is 30.3 Å². The van der Waals surface area contributed by atoms with Crippen molar-refractivity contribution in [1.82, 2.24) is 14.8 Å². The minimum Gasteiger partial charge on any atom is -0.366 e. The van der Waals surface area contributed by atoms with Crippen molar-refractivity contribution in [3.05, 3.63) is 64.1 Å². The average Bonchev–Trinajstić information content (AvgIpc) is 3.05. The van der Waals surface area contributed by atoms with Crippen LogP contribution in [-0.2, 0) is 17.8 Å². The molecule has 0 aliphatic carbocycles. The van der Waals surface area contributed by atoms with E-state index in [-0.39, 0.29) is 6.10 Å². The van der Waals surface area contributed by atoms with Crippen LogP contribution in [0.25, 0.3) is 5.00 Å². The molecule has 0 unspecified atom stereocenters. The largest absolute Gasteiger partial charge is 0.366 e. The van der Waals surface area contributed by atoms with Crippen LogP contribution >= 0.6 is 11.3 Å². The highest BCUT2D eigenvalue weighted by atomic mass is 32.1. The highest BCUT2D eigenvalue weighted by Crippen LogP contribution is 2.35. The number of aromatic nitrogens is 3. The summed E-state index contributed by atoms with van der Waals surface area (Å²) in [5, 5.41) is 11.9. The number of fused-ring (bicyclic) bond motifs is 3. The number of hydrogen-bond donors (Lipinski definition) is 0. The fraction of sp³-hybridized carbons (Fsp3) is 0.294. The molecule has 0 bridgehead atoms. The van der Waals surface area contributed by atoms with E-state index in [1.54, 1.807) is 11.3 Å². The Morgan fingerprint density at radius 1 is 1.27 bits per heavy atom. The molecule has 0 radical (unpaired) electrons. The van der Waals surface area contributed by atoms with Gasteiger partial charge in [0.25, 0.3) is 0 Å². The molecular weight excluding hydrogens is 294 g/mol. The predicted octanol–water partition coefficient (Wildman–Crippen LogP) is 3.82. The van der Waals surface area contributed by atoms with Gasteiger partial charge in [-0.15, -0.1) is 21.5 Å². The van der Waals surface area contributed by atoms with Gasteiger partial charge in [0.2, 0.25) is 0 Å². The van der Waals surface area contributed by atoms with E-state index < -0.39 is 0 Å². The van der Waals surface area contributed by atoms with Gasteiger partial charge in [0.1, 0.15) is 16.9 Å². The maximum atomic E-state index is 5.99. The topological polar surface area (TPSA) is 39.9 Å². The Morgan fingerprint density at radius 3 is 2.91 bits per heavy atom. The van der Waals surface area contributed by atoms with Gasteiger partial charge in [0.05, 0.1) is 6.61 Å². The standard InChI is InChI=1S/C17H17N3OS/c1-11-16-19-18-12(2)20(16)17-15(9-21-11)14(10-22-17)8-13-6-4-3-5-7-13/h3-7,10-11H,8-9H2,1-2H3/t11-/m0/s1. The number of benzene rings is 1. The van der Waals surface area contributed by atoms with Crippen LogP contribution < -0.4 is 0 Å². The van der Waals surface area contributed by atoms with E-state index >= 15 is 0 Å². The van der Waals surface area contributed by atoms with Crippen molar-refractivity contribution in [2.24, 2.45) is 0 Å². The number of nitrogens with zero attached hydrogens (tertiary/aromatic N) is 3. The predicted molar refractivity (Wildman–Crippen MR) is 86.4 cm³/mol. The Balaban J connectivity index is 1.79. The smallest absolute Gasteiger partial charge is 0.167 e. The molecule has 3 heterocycles. The van der Waals surface area contributed by atoms with Gasteiger partial charge < -0.3 is 4.74 Å². The maximum absolute atomic E-state index is 5.99. The van der Waals surface area contributed by atoms with Crippen molar-refractivity contribution in [2.75, 3.05) is 0 Å². The first-order chi connectivity index (χ1) is 10.7. The van der Waals surface area contributed by atoms with Crippen LogP contribution in [0.1, 0.15) is 41.4 Å². The van der Waals surface area contributed by atoms with Gasteiger partial charge in [-0.05, 0) is 36.8 Å². The second-order valence-electron chi connectivity index (χ2n) is 5.60. The molecule has 3 aromatic rings. The first-order valence-electron chi connectivity index (χ1n) is 7.41. The van der Waals surface area contributed by atoms with E-state index in [4.69, 9.17) is 4.74 Å². The summed E-state index contributed by atoms with van der Waals surface area (Å²) in [4.78, 5) is 0. The monoisotopic (exact) mass is 311 g/mol. The summed E-state index contributed by atoms with van der Waals surface area (Å²) in [5.41, 5.74) is 3.92. The Labute approximate surface area is 133 Å². The Morgan fingerprint density at radius 2 is 2.09 bits per heavy atom. The first-order valence-corrected chi connectivity index (χ1v) is 8.29. The third-order valence-corrected chi connectivity index (χ3v) is 5.14. The Bertz CT molecular complexity index is 807. The van der Waals surface area contributed by atoms with Crippen molar-refractivity contribution in [3.63, 3.8) is 0 Å². The van der Waals surface area contributed by atoms with Crippen LogP contribution in [0.5, 0.6) is 0 Å². The zero-order chi connectivity index (χ0) is 15.1. The lowest BCUT2D eigenvalue weighted by molar-refractivity contribution is 0.0493. The van der Waals surface area contributed by atoms with Gasteiger partial charge in [0.15, 0.2) is 5.82 Å². The molecule has 1 aliphatic heterocycles. The molecule has 0 N–H and O–H groups in total. The van der Waals surface area contributed by atoms with Crippen LogP contribution in [0.3, 0.4) is 0 Å². The van der Waals surface area contributed by atoms with Crippen LogP contribution in [0.2, 0.25) is 0 Å². The lowest BCUT2D eigenvalue weighted by Crippen LogP contribution is -2.04. The number of hydrogen-bond acceptors (Lipinski definition) is 4. The lowest BCUT2D eigenvalue weighted by Gasteiger charge is -2.08. The maximum Gasteiger partial charge on any atom is 0.167 e. The molecule has 2 aromatic heterocycles. The molecular formula is C17H17N3OS. The summed E-state index contributed by atoms with van der Waals surface area (Å²) >= 11 is 1.75. The number of aryl methyl sites for hydroxylation is 1. The molecule has 1 atom stereocenters. The molecule has 1 aromatic carbocycles. The summed E-state index contributed by atoms with van der Waals surface area (Å²) < 4.78 is 8.13. The highest BCUT2D eigenvalue weighted by molar-refractivity contribution is 7.12. The molecule has 0 amide bonds. The van der Waals surface area contributed by atoms with E-state index in [1.807, 2.05) is 13.8 Å². The number of ether oxygens (including phenoxy) is 1. The van der Waals surface area contributed by atoms with Crippen molar-refractivity contribution in [3.8, 4) is 5.00 Å².